The minimum Gasteiger partial charge on any atom is -0.486 e. The van der Waals surface area contributed by atoms with E-state index in [-0.39, 0.29) is 18.6 Å². The fourth-order valence-corrected chi connectivity index (χ4v) is 4.65. The van der Waals surface area contributed by atoms with E-state index in [1.54, 1.807) is 22.4 Å². The summed E-state index contributed by atoms with van der Waals surface area (Å²) >= 11 is 5.90. The number of nitriles is 1. The van der Waals surface area contributed by atoms with Crippen molar-refractivity contribution in [2.75, 3.05) is 19.7 Å². The number of hydrogen-bond acceptors (Lipinski definition) is 6. The van der Waals surface area contributed by atoms with Crippen LogP contribution in [-0.4, -0.2) is 45.5 Å². The molecule has 1 atom stereocenters. The van der Waals surface area contributed by atoms with E-state index >= 15 is 0 Å². The van der Waals surface area contributed by atoms with Crippen LogP contribution in [0, 0.1) is 17.2 Å². The predicted molar refractivity (Wildman–Crippen MR) is 116 cm³/mol. The molecule has 0 aliphatic carbocycles. The van der Waals surface area contributed by atoms with Crippen molar-refractivity contribution >= 4 is 33.5 Å². The Hall–Kier alpha value is -2.37. The highest BCUT2D eigenvalue weighted by Gasteiger charge is 2.32. The number of ether oxygens (including phenoxy) is 2. The number of piperidine rings is 1. The van der Waals surface area contributed by atoms with E-state index in [0.717, 1.165) is 0 Å². The van der Waals surface area contributed by atoms with Gasteiger partial charge < -0.3 is 14.4 Å². The molecule has 30 heavy (non-hydrogen) atoms. The topological polar surface area (TPSA) is 92.0 Å². The molecule has 2 aliphatic rings. The molecule has 0 N–H and O–H groups in total. The van der Waals surface area contributed by atoms with Crippen LogP contribution in [0.2, 0.25) is 5.02 Å². The average molecular weight is 450 g/mol. The maximum absolute atomic E-state index is 12.5. The predicted octanol–water partition coefficient (Wildman–Crippen LogP) is 4.24. The summed E-state index contributed by atoms with van der Waals surface area (Å²) in [7, 11) is -1.31. The first-order valence-corrected chi connectivity index (χ1v) is 11.3. The fourth-order valence-electron chi connectivity index (χ4n) is 3.22. The van der Waals surface area contributed by atoms with Gasteiger partial charge >= 0.3 is 6.09 Å². The quantitative estimate of drug-likeness (QED) is 0.685. The van der Waals surface area contributed by atoms with E-state index in [0.29, 0.717) is 53.0 Å². The van der Waals surface area contributed by atoms with Crippen molar-refractivity contribution in [2.24, 2.45) is 10.9 Å². The van der Waals surface area contributed by atoms with Crippen LogP contribution in [-0.2, 0) is 15.5 Å². The Morgan fingerprint density at radius 1 is 1.37 bits per heavy atom. The minimum absolute atomic E-state index is 0.0449. The molecule has 1 saturated heterocycles. The first-order chi connectivity index (χ1) is 14.2. The van der Waals surface area contributed by atoms with E-state index in [4.69, 9.17) is 21.1 Å². The number of rotatable bonds is 4. The second-order valence-corrected chi connectivity index (χ2v) is 9.82. The maximum atomic E-state index is 12.5. The molecule has 7 nitrogen and oxygen atoms in total. The molecule has 0 radical (unpaired) electrons. The van der Waals surface area contributed by atoms with Gasteiger partial charge in [-0.05, 0) is 51.8 Å². The zero-order chi connectivity index (χ0) is 21.9. The van der Waals surface area contributed by atoms with Crippen LogP contribution in [0.5, 0.6) is 5.75 Å². The minimum atomic E-state index is -1.31. The van der Waals surface area contributed by atoms with Crippen molar-refractivity contribution in [3.63, 3.8) is 0 Å². The number of aliphatic imine (C=N–C) groups is 1. The summed E-state index contributed by atoms with van der Waals surface area (Å²) in [5.41, 5.74) is 0.372. The van der Waals surface area contributed by atoms with Gasteiger partial charge in [-0.25, -0.2) is 14.0 Å². The lowest BCUT2D eigenvalue weighted by atomic mass is 9.98. The van der Waals surface area contributed by atoms with Gasteiger partial charge in [-0.3, -0.25) is 0 Å². The Kier molecular flexibility index (Phi) is 6.84. The van der Waals surface area contributed by atoms with Crippen molar-refractivity contribution in [1.29, 1.82) is 5.26 Å². The van der Waals surface area contributed by atoms with E-state index in [2.05, 4.69) is 4.99 Å². The molecule has 1 amide bonds. The first kappa shape index (κ1) is 22.3. The van der Waals surface area contributed by atoms with Crippen LogP contribution in [0.1, 0.15) is 39.2 Å². The van der Waals surface area contributed by atoms with E-state index < -0.39 is 16.4 Å². The highest BCUT2D eigenvalue weighted by atomic mass is 35.5. The Balaban J connectivity index is 1.57. The van der Waals surface area contributed by atoms with Gasteiger partial charge in [0.2, 0.25) is 0 Å². The lowest BCUT2D eigenvalue weighted by Gasteiger charge is -2.33. The Labute approximate surface area is 183 Å². The van der Waals surface area contributed by atoms with Gasteiger partial charge in [0.15, 0.2) is 0 Å². The summed E-state index contributed by atoms with van der Waals surface area (Å²) in [4.78, 5) is 18.4. The van der Waals surface area contributed by atoms with Crippen LogP contribution >= 0.6 is 11.6 Å². The summed E-state index contributed by atoms with van der Waals surface area (Å²) in [6.07, 6.45) is 1.04. The molecule has 1 unspecified atom stereocenters. The normalized spacial score (nSPS) is 19.7. The molecule has 1 aromatic rings. The van der Waals surface area contributed by atoms with Gasteiger partial charge in [-0.15, -0.1) is 0 Å². The van der Waals surface area contributed by atoms with Gasteiger partial charge in [0.25, 0.3) is 0 Å². The zero-order valence-corrected chi connectivity index (χ0v) is 18.8. The van der Waals surface area contributed by atoms with E-state index in [1.165, 1.54) is 6.07 Å². The van der Waals surface area contributed by atoms with Gasteiger partial charge in [-0.2, -0.15) is 5.26 Å². The number of likely N-dealkylation sites (tertiary alicyclic amines) is 1. The highest BCUT2D eigenvalue weighted by molar-refractivity contribution is 8.03. The van der Waals surface area contributed by atoms with E-state index in [9.17, 15) is 14.3 Å². The van der Waals surface area contributed by atoms with Crippen LogP contribution < -0.4 is 4.74 Å². The molecule has 2 aliphatic heterocycles. The molecule has 1 aromatic carbocycles. The van der Waals surface area contributed by atoms with Crippen LogP contribution in [0.3, 0.4) is 0 Å². The van der Waals surface area contributed by atoms with Crippen LogP contribution in [0.25, 0.3) is 0 Å². The van der Waals surface area contributed by atoms with Crippen LogP contribution in [0.4, 0.5) is 4.79 Å². The Bertz CT molecular complexity index is 954. The average Bonchev–Trinajstić information content (AvgIpc) is 3.06. The highest BCUT2D eigenvalue weighted by Crippen LogP contribution is 2.28. The molecule has 1 fully saturated rings. The van der Waals surface area contributed by atoms with Gasteiger partial charge in [0, 0.05) is 29.4 Å². The standard InChI is InChI=1S/C21H24ClN3O4S/c1-21(2,3)29-20(26)25-8-6-14(7-9-25)19-24-17(13-30(19)27)12-28-18-5-4-16(22)10-15(18)11-23/h4-5,10,13-14H,6-9,12H2,1-3H3. The molecule has 0 aromatic heterocycles. The largest absolute Gasteiger partial charge is 0.486 e. The molecule has 0 saturated carbocycles. The fraction of sp³-hybridized carbons (Fsp3) is 0.476. The molecule has 0 spiro atoms. The third-order valence-corrected chi connectivity index (χ3v) is 6.19. The summed E-state index contributed by atoms with van der Waals surface area (Å²) in [6.45, 7) is 6.71. The maximum Gasteiger partial charge on any atom is 0.410 e. The molecule has 160 valence electrons. The lowest BCUT2D eigenvalue weighted by molar-refractivity contribution is 0.0202. The van der Waals surface area contributed by atoms with Crippen LogP contribution in [0.15, 0.2) is 34.3 Å². The van der Waals surface area contributed by atoms with Crippen molar-refractivity contribution in [3.05, 3.63) is 39.9 Å². The Morgan fingerprint density at radius 2 is 2.07 bits per heavy atom. The summed E-state index contributed by atoms with van der Waals surface area (Å²) in [6, 6.07) is 6.85. The third kappa shape index (κ3) is 5.61. The lowest BCUT2D eigenvalue weighted by Crippen LogP contribution is -2.43. The summed E-state index contributed by atoms with van der Waals surface area (Å²) in [5.74, 6) is 0.450. The van der Waals surface area contributed by atoms with Crippen molar-refractivity contribution in [2.45, 2.75) is 39.2 Å². The van der Waals surface area contributed by atoms with Crippen molar-refractivity contribution in [1.82, 2.24) is 4.90 Å². The second-order valence-electron chi connectivity index (χ2n) is 8.14. The smallest absolute Gasteiger partial charge is 0.410 e. The van der Waals surface area contributed by atoms with Gasteiger partial charge in [0.05, 0.1) is 22.1 Å². The summed E-state index contributed by atoms with van der Waals surface area (Å²) in [5, 5.41) is 11.9. The number of benzene rings is 1. The number of carbonyl (C=O) groups excluding carboxylic acids is 1. The first-order valence-electron chi connectivity index (χ1n) is 9.66. The number of nitrogens with zero attached hydrogens (tertiary/aromatic N) is 3. The third-order valence-electron chi connectivity index (χ3n) is 4.64. The summed E-state index contributed by atoms with van der Waals surface area (Å²) < 4.78 is 23.6. The number of amides is 1. The number of halogens is 1. The molecule has 3 rings (SSSR count). The van der Waals surface area contributed by atoms with Gasteiger partial charge in [0.1, 0.15) is 29.1 Å². The monoisotopic (exact) mass is 449 g/mol. The van der Waals surface area contributed by atoms with Crippen molar-refractivity contribution in [3.8, 4) is 11.8 Å². The second kappa shape index (κ2) is 9.19. The molecule has 0 bridgehead atoms. The number of hydrogen-bond donors (Lipinski definition) is 0. The molecular formula is C21H24ClN3O4S. The SMILES string of the molecule is CC(C)(C)OC(=O)N1CCC(C2=NC(COc3ccc(Cl)cc3C#N)=CS2=O)CC1. The molecule has 2 heterocycles. The molecule has 9 heteroatoms. The van der Waals surface area contributed by atoms with E-state index in [1.807, 2.05) is 26.8 Å². The number of carbonyl (C=O) groups is 1. The van der Waals surface area contributed by atoms with Gasteiger partial charge in [-0.1, -0.05) is 11.6 Å². The Morgan fingerprint density at radius 3 is 2.70 bits per heavy atom. The van der Waals surface area contributed by atoms with Crippen molar-refractivity contribution < 1.29 is 18.5 Å². The molecular weight excluding hydrogens is 426 g/mol. The zero-order valence-electron chi connectivity index (χ0n) is 17.2.